The second kappa shape index (κ2) is 6.04. The number of benzene rings is 1. The van der Waals surface area contributed by atoms with Crippen LogP contribution in [0.1, 0.15) is 17.2 Å². The molecule has 1 unspecified atom stereocenters. The van der Waals surface area contributed by atoms with Crippen LogP contribution in [0, 0.1) is 0 Å². The minimum absolute atomic E-state index is 0.466. The fourth-order valence-electron chi connectivity index (χ4n) is 2.05. The molecule has 1 atom stereocenters. The highest BCUT2D eigenvalue weighted by atomic mass is 16.6. The summed E-state index contributed by atoms with van der Waals surface area (Å²) < 4.78 is 16.4. The van der Waals surface area contributed by atoms with Crippen molar-refractivity contribution in [2.75, 3.05) is 33.9 Å². The molecule has 0 bridgehead atoms. The van der Waals surface area contributed by atoms with Gasteiger partial charge >= 0.3 is 0 Å². The summed E-state index contributed by atoms with van der Waals surface area (Å²) in [5, 5.41) is 13.0. The first-order valence-electron chi connectivity index (χ1n) is 6.01. The zero-order valence-corrected chi connectivity index (χ0v) is 10.7. The Balaban J connectivity index is 2.37. The summed E-state index contributed by atoms with van der Waals surface area (Å²) in [6, 6.07) is 3.77. The van der Waals surface area contributed by atoms with Crippen molar-refractivity contribution in [1.82, 2.24) is 5.32 Å². The molecule has 0 aliphatic carbocycles. The fourth-order valence-corrected chi connectivity index (χ4v) is 2.05. The van der Waals surface area contributed by atoms with Gasteiger partial charge in [-0.2, -0.15) is 0 Å². The Morgan fingerprint density at radius 3 is 2.72 bits per heavy atom. The molecule has 1 aliphatic heterocycles. The Morgan fingerprint density at radius 2 is 2.06 bits per heavy atom. The maximum atomic E-state index is 10.1. The number of rotatable bonds is 5. The predicted octanol–water partition coefficient (Wildman–Crippen LogP) is 0.857. The lowest BCUT2D eigenvalue weighted by Gasteiger charge is -2.25. The van der Waals surface area contributed by atoms with E-state index in [4.69, 9.17) is 14.2 Å². The van der Waals surface area contributed by atoms with E-state index in [0.29, 0.717) is 37.9 Å². The smallest absolute Gasteiger partial charge is 0.167 e. The monoisotopic (exact) mass is 253 g/mol. The van der Waals surface area contributed by atoms with Crippen molar-refractivity contribution >= 4 is 0 Å². The lowest BCUT2D eigenvalue weighted by Crippen LogP contribution is -2.22. The van der Waals surface area contributed by atoms with E-state index < -0.39 is 6.10 Å². The summed E-state index contributed by atoms with van der Waals surface area (Å²) in [7, 11) is 3.44. The van der Waals surface area contributed by atoms with Crippen molar-refractivity contribution in [3.63, 3.8) is 0 Å². The molecule has 5 heteroatoms. The molecule has 1 aliphatic rings. The zero-order valence-electron chi connectivity index (χ0n) is 10.7. The van der Waals surface area contributed by atoms with E-state index in [0.717, 1.165) is 11.1 Å². The molecule has 0 fully saturated rings. The Kier molecular flexibility index (Phi) is 4.41. The van der Waals surface area contributed by atoms with Crippen molar-refractivity contribution in [3.05, 3.63) is 23.3 Å². The SMILES string of the molecule is CNCC(O)c1ccc(COC)c2c1OCCO2. The first-order chi connectivity index (χ1) is 8.77. The van der Waals surface area contributed by atoms with Gasteiger partial charge in [-0.25, -0.2) is 0 Å². The van der Waals surface area contributed by atoms with Gasteiger partial charge in [0, 0.05) is 24.8 Å². The molecule has 0 spiro atoms. The number of fused-ring (bicyclic) bond motifs is 1. The van der Waals surface area contributed by atoms with E-state index in [-0.39, 0.29) is 0 Å². The van der Waals surface area contributed by atoms with Crippen molar-refractivity contribution in [1.29, 1.82) is 0 Å². The van der Waals surface area contributed by atoms with Gasteiger partial charge in [0.25, 0.3) is 0 Å². The molecule has 0 saturated carbocycles. The van der Waals surface area contributed by atoms with Crippen LogP contribution in [0.3, 0.4) is 0 Å². The third-order valence-electron chi connectivity index (χ3n) is 2.86. The second-order valence-corrected chi connectivity index (χ2v) is 4.18. The highest BCUT2D eigenvalue weighted by Crippen LogP contribution is 2.40. The van der Waals surface area contributed by atoms with Crippen LogP contribution in [-0.4, -0.2) is 39.0 Å². The Morgan fingerprint density at radius 1 is 1.33 bits per heavy atom. The van der Waals surface area contributed by atoms with Gasteiger partial charge < -0.3 is 24.6 Å². The van der Waals surface area contributed by atoms with Crippen LogP contribution in [0.4, 0.5) is 0 Å². The summed E-state index contributed by atoms with van der Waals surface area (Å²) in [4.78, 5) is 0. The number of hydrogen-bond donors (Lipinski definition) is 2. The number of likely N-dealkylation sites (N-methyl/N-ethyl adjacent to an activating group) is 1. The number of methoxy groups -OCH3 is 1. The molecule has 0 amide bonds. The molecule has 5 nitrogen and oxygen atoms in total. The van der Waals surface area contributed by atoms with E-state index in [9.17, 15) is 5.11 Å². The van der Waals surface area contributed by atoms with Gasteiger partial charge in [0.2, 0.25) is 0 Å². The van der Waals surface area contributed by atoms with Crippen LogP contribution in [0.25, 0.3) is 0 Å². The maximum absolute atomic E-state index is 10.1. The quantitative estimate of drug-likeness (QED) is 0.815. The predicted molar refractivity (Wildman–Crippen MR) is 67.0 cm³/mol. The van der Waals surface area contributed by atoms with Gasteiger partial charge in [0.05, 0.1) is 12.7 Å². The molecular formula is C13H19NO4. The van der Waals surface area contributed by atoms with E-state index in [1.807, 2.05) is 12.1 Å². The second-order valence-electron chi connectivity index (χ2n) is 4.18. The third-order valence-corrected chi connectivity index (χ3v) is 2.86. The van der Waals surface area contributed by atoms with E-state index in [2.05, 4.69) is 5.32 Å². The molecule has 1 aromatic rings. The summed E-state index contributed by atoms with van der Waals surface area (Å²) in [5.41, 5.74) is 1.69. The van der Waals surface area contributed by atoms with Crippen LogP contribution in [-0.2, 0) is 11.3 Å². The lowest BCUT2D eigenvalue weighted by molar-refractivity contribution is 0.137. The van der Waals surface area contributed by atoms with Crippen molar-refractivity contribution in [2.45, 2.75) is 12.7 Å². The van der Waals surface area contributed by atoms with Crippen LogP contribution in [0.5, 0.6) is 11.5 Å². The molecular weight excluding hydrogens is 234 g/mol. The standard InChI is InChI=1S/C13H19NO4/c1-14-7-11(15)10-4-3-9(8-16-2)12-13(10)18-6-5-17-12/h3-4,11,14-15H,5-8H2,1-2H3. The average Bonchev–Trinajstić information content (AvgIpc) is 2.39. The maximum Gasteiger partial charge on any atom is 0.167 e. The van der Waals surface area contributed by atoms with Crippen LogP contribution >= 0.6 is 0 Å². The van der Waals surface area contributed by atoms with Gasteiger partial charge in [0.1, 0.15) is 13.2 Å². The summed E-state index contributed by atoms with van der Waals surface area (Å²) in [5.74, 6) is 1.33. The summed E-state index contributed by atoms with van der Waals surface area (Å²) in [6.45, 7) is 1.96. The first-order valence-corrected chi connectivity index (χ1v) is 6.01. The number of nitrogens with one attached hydrogen (secondary N) is 1. The van der Waals surface area contributed by atoms with Gasteiger partial charge in [-0.1, -0.05) is 12.1 Å². The highest BCUT2D eigenvalue weighted by Gasteiger charge is 2.23. The zero-order chi connectivity index (χ0) is 13.0. The molecule has 1 heterocycles. The molecule has 100 valence electrons. The summed E-state index contributed by atoms with van der Waals surface area (Å²) in [6.07, 6.45) is -0.609. The molecule has 18 heavy (non-hydrogen) atoms. The molecule has 2 rings (SSSR count). The van der Waals surface area contributed by atoms with E-state index in [1.165, 1.54) is 0 Å². The van der Waals surface area contributed by atoms with Gasteiger partial charge in [-0.3, -0.25) is 0 Å². The number of hydrogen-bond acceptors (Lipinski definition) is 5. The van der Waals surface area contributed by atoms with E-state index in [1.54, 1.807) is 14.2 Å². The third kappa shape index (κ3) is 2.58. The van der Waals surface area contributed by atoms with Crippen LogP contribution < -0.4 is 14.8 Å². The molecule has 1 aromatic carbocycles. The Bertz CT molecular complexity index is 408. The van der Waals surface area contributed by atoms with Crippen molar-refractivity contribution in [3.8, 4) is 11.5 Å². The normalized spacial score (nSPS) is 15.5. The van der Waals surface area contributed by atoms with Gasteiger partial charge in [-0.15, -0.1) is 0 Å². The topological polar surface area (TPSA) is 60.0 Å². The first kappa shape index (κ1) is 13.1. The lowest BCUT2D eigenvalue weighted by atomic mass is 10.0. The summed E-state index contributed by atoms with van der Waals surface area (Å²) >= 11 is 0. The molecule has 0 radical (unpaired) electrons. The number of aliphatic hydroxyl groups excluding tert-OH is 1. The van der Waals surface area contributed by atoms with Crippen molar-refractivity contribution < 1.29 is 19.3 Å². The number of ether oxygens (including phenoxy) is 3. The Labute approximate surface area is 107 Å². The highest BCUT2D eigenvalue weighted by molar-refractivity contribution is 5.53. The average molecular weight is 253 g/mol. The molecule has 0 aromatic heterocycles. The molecule has 2 N–H and O–H groups in total. The van der Waals surface area contributed by atoms with Crippen LogP contribution in [0.2, 0.25) is 0 Å². The minimum atomic E-state index is -0.609. The van der Waals surface area contributed by atoms with Crippen molar-refractivity contribution in [2.24, 2.45) is 0 Å². The van der Waals surface area contributed by atoms with E-state index >= 15 is 0 Å². The van der Waals surface area contributed by atoms with Gasteiger partial charge in [-0.05, 0) is 7.05 Å². The fraction of sp³-hybridized carbons (Fsp3) is 0.538. The minimum Gasteiger partial charge on any atom is -0.486 e. The Hall–Kier alpha value is -1.30. The van der Waals surface area contributed by atoms with Gasteiger partial charge in [0.15, 0.2) is 11.5 Å². The number of aliphatic hydroxyl groups is 1. The largest absolute Gasteiger partial charge is 0.486 e. The molecule has 0 saturated heterocycles. The van der Waals surface area contributed by atoms with Crippen LogP contribution in [0.15, 0.2) is 12.1 Å².